The first-order valence-electron chi connectivity index (χ1n) is 11.3. The summed E-state index contributed by atoms with van der Waals surface area (Å²) in [5.74, 6) is 0.561. The monoisotopic (exact) mass is 576 g/mol. The first kappa shape index (κ1) is 25.8. The molecule has 2 saturated heterocycles. The summed E-state index contributed by atoms with van der Waals surface area (Å²) < 4.78 is 40.9. The van der Waals surface area contributed by atoms with Crippen LogP contribution in [0.3, 0.4) is 0 Å². The third-order valence-electron chi connectivity index (χ3n) is 6.36. The van der Waals surface area contributed by atoms with Crippen LogP contribution in [-0.2, 0) is 26.3 Å². The molecule has 2 aliphatic rings. The SMILES string of the molecule is CCNC(=NCc1cn(C)nc1C(F)(F)F)NC1CC2CCC(C1)N2Cc1ccccc1.I. The second-order valence-corrected chi connectivity index (χ2v) is 8.73. The van der Waals surface area contributed by atoms with Crippen LogP contribution < -0.4 is 10.6 Å². The molecule has 33 heavy (non-hydrogen) atoms. The van der Waals surface area contributed by atoms with Crippen LogP contribution in [0.5, 0.6) is 0 Å². The number of aryl methyl sites for hydroxylation is 1. The lowest BCUT2D eigenvalue weighted by Crippen LogP contribution is -2.52. The van der Waals surface area contributed by atoms with Crippen molar-refractivity contribution < 1.29 is 13.2 Å². The van der Waals surface area contributed by atoms with Crippen molar-refractivity contribution in [3.63, 3.8) is 0 Å². The number of halogens is 4. The van der Waals surface area contributed by atoms with Crippen molar-refractivity contribution in [2.24, 2.45) is 12.0 Å². The number of nitrogens with one attached hydrogen (secondary N) is 2. The van der Waals surface area contributed by atoms with Gasteiger partial charge in [0.25, 0.3) is 0 Å². The number of rotatable bonds is 6. The Morgan fingerprint density at radius 2 is 1.82 bits per heavy atom. The Bertz CT molecular complexity index is 916. The van der Waals surface area contributed by atoms with Gasteiger partial charge in [0.05, 0.1) is 6.54 Å². The summed E-state index contributed by atoms with van der Waals surface area (Å²) in [6.07, 6.45) is 1.30. The molecule has 1 aromatic heterocycles. The van der Waals surface area contributed by atoms with E-state index in [0.717, 1.165) is 19.4 Å². The zero-order valence-electron chi connectivity index (χ0n) is 19.0. The average Bonchev–Trinajstić information content (AvgIpc) is 3.23. The van der Waals surface area contributed by atoms with Gasteiger partial charge in [-0.1, -0.05) is 30.3 Å². The highest BCUT2D eigenvalue weighted by Crippen LogP contribution is 2.37. The van der Waals surface area contributed by atoms with Crippen LogP contribution >= 0.6 is 24.0 Å². The van der Waals surface area contributed by atoms with Crippen molar-refractivity contribution in [1.82, 2.24) is 25.3 Å². The Morgan fingerprint density at radius 1 is 1.15 bits per heavy atom. The van der Waals surface area contributed by atoms with Crippen molar-refractivity contribution in [2.45, 2.75) is 70.0 Å². The molecule has 2 unspecified atom stereocenters. The maximum atomic E-state index is 13.2. The Balaban J connectivity index is 0.00000306. The number of nitrogens with zero attached hydrogens (tertiary/aromatic N) is 4. The van der Waals surface area contributed by atoms with Gasteiger partial charge in [-0.05, 0) is 38.2 Å². The lowest BCUT2D eigenvalue weighted by molar-refractivity contribution is -0.142. The molecule has 182 valence electrons. The normalized spacial score (nSPS) is 23.3. The third-order valence-corrected chi connectivity index (χ3v) is 6.36. The summed E-state index contributed by atoms with van der Waals surface area (Å²) in [4.78, 5) is 7.06. The molecule has 2 N–H and O–H groups in total. The van der Waals surface area contributed by atoms with Crippen molar-refractivity contribution in [3.05, 3.63) is 53.3 Å². The van der Waals surface area contributed by atoms with E-state index >= 15 is 0 Å². The molecule has 2 fully saturated rings. The summed E-state index contributed by atoms with van der Waals surface area (Å²) >= 11 is 0. The number of benzene rings is 1. The van der Waals surface area contributed by atoms with Crippen molar-refractivity contribution in [3.8, 4) is 0 Å². The van der Waals surface area contributed by atoms with Gasteiger partial charge in [-0.3, -0.25) is 9.58 Å². The first-order chi connectivity index (χ1) is 15.3. The highest BCUT2D eigenvalue weighted by atomic mass is 127. The third kappa shape index (κ3) is 6.40. The first-order valence-corrected chi connectivity index (χ1v) is 11.3. The molecule has 10 heteroatoms. The highest BCUT2D eigenvalue weighted by Gasteiger charge is 2.41. The fourth-order valence-electron chi connectivity index (χ4n) is 5.01. The van der Waals surface area contributed by atoms with Crippen LogP contribution in [0.15, 0.2) is 41.5 Å². The fraction of sp³-hybridized carbons (Fsp3) is 0.565. The number of hydrogen-bond donors (Lipinski definition) is 2. The Labute approximate surface area is 210 Å². The Hall–Kier alpha value is -1.82. The molecule has 1 aromatic carbocycles. The molecule has 2 aliphatic heterocycles. The minimum Gasteiger partial charge on any atom is -0.357 e. The van der Waals surface area contributed by atoms with Crippen LogP contribution in [0, 0.1) is 0 Å². The van der Waals surface area contributed by atoms with Gasteiger partial charge in [-0.15, -0.1) is 24.0 Å². The van der Waals surface area contributed by atoms with Crippen molar-refractivity contribution in [2.75, 3.05) is 6.54 Å². The predicted octanol–water partition coefficient (Wildman–Crippen LogP) is 4.31. The average molecular weight is 576 g/mol. The summed E-state index contributed by atoms with van der Waals surface area (Å²) in [6.45, 7) is 3.50. The van der Waals surface area contributed by atoms with Gasteiger partial charge in [0.2, 0.25) is 0 Å². The zero-order chi connectivity index (χ0) is 22.7. The van der Waals surface area contributed by atoms with E-state index in [2.05, 4.69) is 49.9 Å². The number of aliphatic imine (C=N–C) groups is 1. The van der Waals surface area contributed by atoms with Crippen LogP contribution in [0.25, 0.3) is 0 Å². The van der Waals surface area contributed by atoms with E-state index in [9.17, 15) is 13.2 Å². The molecule has 0 spiro atoms. The van der Waals surface area contributed by atoms with E-state index in [-0.39, 0.29) is 42.1 Å². The lowest BCUT2D eigenvalue weighted by Gasteiger charge is -2.39. The quantitative estimate of drug-likeness (QED) is 0.306. The molecular formula is C23H32F3IN6. The van der Waals surface area contributed by atoms with Crippen LogP contribution in [-0.4, -0.2) is 45.3 Å². The number of guanidine groups is 1. The second kappa shape index (κ2) is 11.1. The summed E-state index contributed by atoms with van der Waals surface area (Å²) in [5, 5.41) is 10.2. The summed E-state index contributed by atoms with van der Waals surface area (Å²) in [7, 11) is 1.49. The van der Waals surface area contributed by atoms with Crippen LogP contribution in [0.1, 0.15) is 49.4 Å². The topological polar surface area (TPSA) is 57.5 Å². The van der Waals surface area contributed by atoms with E-state index < -0.39 is 11.9 Å². The molecule has 2 atom stereocenters. The van der Waals surface area contributed by atoms with Gasteiger partial charge in [0.1, 0.15) is 0 Å². The standard InChI is InChI=1S/C23H31F3N6.HI/c1-3-27-22(28-13-17-15-31(2)30-21(17)23(24,25)26)29-18-11-19-9-10-20(12-18)32(19)14-16-7-5-4-6-8-16;/h4-8,15,18-20H,3,9-14H2,1-2H3,(H2,27,28,29);1H. The van der Waals surface area contributed by atoms with Gasteiger partial charge in [0, 0.05) is 50.0 Å². The Kier molecular flexibility index (Phi) is 8.65. The number of alkyl halides is 3. The molecule has 4 rings (SSSR count). The molecule has 2 aromatic rings. The van der Waals surface area contributed by atoms with Crippen molar-refractivity contribution >= 4 is 29.9 Å². The molecule has 0 radical (unpaired) electrons. The zero-order valence-corrected chi connectivity index (χ0v) is 21.3. The summed E-state index contributed by atoms with van der Waals surface area (Å²) in [6, 6.07) is 11.8. The van der Waals surface area contributed by atoms with E-state index in [0.29, 0.717) is 24.6 Å². The molecule has 0 aliphatic carbocycles. The van der Waals surface area contributed by atoms with Gasteiger partial charge in [0.15, 0.2) is 11.7 Å². The van der Waals surface area contributed by atoms with Gasteiger partial charge in [-0.2, -0.15) is 18.3 Å². The number of hydrogen-bond acceptors (Lipinski definition) is 3. The largest absolute Gasteiger partial charge is 0.435 e. The second-order valence-electron chi connectivity index (χ2n) is 8.73. The molecule has 3 heterocycles. The smallest absolute Gasteiger partial charge is 0.357 e. The maximum absolute atomic E-state index is 13.2. The van der Waals surface area contributed by atoms with Crippen LogP contribution in [0.4, 0.5) is 13.2 Å². The molecular weight excluding hydrogens is 544 g/mol. The molecule has 2 bridgehead atoms. The van der Waals surface area contributed by atoms with Gasteiger partial charge in [-0.25, -0.2) is 4.99 Å². The highest BCUT2D eigenvalue weighted by molar-refractivity contribution is 14.0. The predicted molar refractivity (Wildman–Crippen MR) is 133 cm³/mol. The minimum atomic E-state index is -4.48. The fourth-order valence-corrected chi connectivity index (χ4v) is 5.01. The minimum absolute atomic E-state index is 0. The molecule has 6 nitrogen and oxygen atoms in total. The number of fused-ring (bicyclic) bond motifs is 2. The Morgan fingerprint density at radius 3 is 2.42 bits per heavy atom. The van der Waals surface area contributed by atoms with Gasteiger partial charge < -0.3 is 10.6 Å². The van der Waals surface area contributed by atoms with Crippen molar-refractivity contribution in [1.29, 1.82) is 0 Å². The van der Waals surface area contributed by atoms with E-state index in [1.54, 1.807) is 0 Å². The van der Waals surface area contributed by atoms with E-state index in [1.165, 1.54) is 36.3 Å². The lowest BCUT2D eigenvalue weighted by atomic mass is 9.96. The molecule has 0 saturated carbocycles. The molecule has 0 amide bonds. The number of piperidine rings is 1. The van der Waals surface area contributed by atoms with Crippen LogP contribution in [0.2, 0.25) is 0 Å². The van der Waals surface area contributed by atoms with Gasteiger partial charge >= 0.3 is 6.18 Å². The van der Waals surface area contributed by atoms with E-state index in [1.807, 2.05) is 13.0 Å². The summed E-state index contributed by atoms with van der Waals surface area (Å²) in [5.41, 5.74) is 0.546. The maximum Gasteiger partial charge on any atom is 0.435 e. The van der Waals surface area contributed by atoms with E-state index in [4.69, 9.17) is 0 Å². The number of aromatic nitrogens is 2.